The Balaban J connectivity index is 1.27. The van der Waals surface area contributed by atoms with Gasteiger partial charge in [0, 0.05) is 25.6 Å². The van der Waals surface area contributed by atoms with Crippen LogP contribution in [0.4, 0.5) is 13.2 Å². The zero-order chi connectivity index (χ0) is 21.4. The van der Waals surface area contributed by atoms with Gasteiger partial charge in [0.25, 0.3) is 0 Å². The number of aromatic nitrogens is 2. The third-order valence-electron chi connectivity index (χ3n) is 8.17. The van der Waals surface area contributed by atoms with E-state index in [4.69, 9.17) is 4.74 Å². The van der Waals surface area contributed by atoms with Gasteiger partial charge in [-0.1, -0.05) is 19.8 Å². The van der Waals surface area contributed by atoms with Gasteiger partial charge in [0.05, 0.1) is 12.9 Å². The number of imidazole rings is 1. The lowest BCUT2D eigenvalue weighted by atomic mass is 9.56. The number of likely N-dealkylation sites (tertiary alicyclic amines) is 1. The quantitative estimate of drug-likeness (QED) is 0.581. The molecule has 170 valence electrons. The first-order valence-corrected chi connectivity index (χ1v) is 11.7. The molecule has 0 radical (unpaired) electrons. The lowest BCUT2D eigenvalue weighted by Gasteiger charge is -2.50. The van der Waals surface area contributed by atoms with Crippen molar-refractivity contribution >= 4 is 0 Å². The molecule has 1 spiro atoms. The summed E-state index contributed by atoms with van der Waals surface area (Å²) in [6.45, 7) is 8.36. The molecule has 1 aliphatic heterocycles. The molecule has 0 bridgehead atoms. The van der Waals surface area contributed by atoms with Crippen molar-refractivity contribution in [3.8, 4) is 0 Å². The molecule has 1 aromatic rings. The highest BCUT2D eigenvalue weighted by molar-refractivity contribution is 5.09. The van der Waals surface area contributed by atoms with Crippen LogP contribution in [0.1, 0.15) is 82.7 Å². The van der Waals surface area contributed by atoms with E-state index in [9.17, 15) is 13.2 Å². The summed E-state index contributed by atoms with van der Waals surface area (Å²) in [5.74, 6) is 2.86. The number of nitrogens with zero attached hydrogens (tertiary/aromatic N) is 2. The van der Waals surface area contributed by atoms with Crippen LogP contribution in [0, 0.1) is 23.2 Å². The third-order valence-corrected chi connectivity index (χ3v) is 8.17. The fourth-order valence-electron chi connectivity index (χ4n) is 6.32. The first-order valence-electron chi connectivity index (χ1n) is 11.7. The molecule has 1 aromatic heterocycles. The summed E-state index contributed by atoms with van der Waals surface area (Å²) in [6.07, 6.45) is 5.86. The van der Waals surface area contributed by atoms with Crippen molar-refractivity contribution < 1.29 is 17.9 Å². The summed E-state index contributed by atoms with van der Waals surface area (Å²) in [5.41, 5.74) is -0.202. The van der Waals surface area contributed by atoms with Gasteiger partial charge in [0.15, 0.2) is 0 Å². The number of halogens is 3. The van der Waals surface area contributed by atoms with E-state index in [0.29, 0.717) is 23.1 Å². The molecule has 30 heavy (non-hydrogen) atoms. The first kappa shape index (κ1) is 22.1. The predicted octanol–water partition coefficient (Wildman–Crippen LogP) is 5.82. The van der Waals surface area contributed by atoms with Crippen molar-refractivity contribution in [3.05, 3.63) is 17.7 Å². The van der Waals surface area contributed by atoms with Gasteiger partial charge < -0.3 is 9.72 Å². The van der Waals surface area contributed by atoms with Gasteiger partial charge in [-0.3, -0.25) is 4.90 Å². The zero-order valence-corrected chi connectivity index (χ0v) is 18.3. The molecule has 7 heteroatoms. The van der Waals surface area contributed by atoms with Crippen molar-refractivity contribution in [2.75, 3.05) is 26.4 Å². The van der Waals surface area contributed by atoms with Crippen LogP contribution in [-0.2, 0) is 10.9 Å². The second kappa shape index (κ2) is 8.81. The Labute approximate surface area is 178 Å². The van der Waals surface area contributed by atoms with Crippen LogP contribution in [0.25, 0.3) is 0 Å². The number of H-pyrrole nitrogens is 1. The van der Waals surface area contributed by atoms with Crippen molar-refractivity contribution in [2.24, 2.45) is 23.2 Å². The molecule has 3 aliphatic rings. The molecule has 1 N–H and O–H groups in total. The summed E-state index contributed by atoms with van der Waals surface area (Å²) < 4.78 is 44.2. The SMILES string of the molecule is CCOCN1CCC2(CC(C(C)C3CCCC(c4ncc(C(F)(F)F)[nH]4)CC3)C2)C1. The average molecular weight is 428 g/mol. The number of hydrogen-bond donors (Lipinski definition) is 1. The van der Waals surface area contributed by atoms with Gasteiger partial charge in [-0.25, -0.2) is 4.98 Å². The topological polar surface area (TPSA) is 41.1 Å². The van der Waals surface area contributed by atoms with Gasteiger partial charge in [-0.15, -0.1) is 0 Å². The van der Waals surface area contributed by atoms with E-state index in [0.717, 1.165) is 57.7 Å². The Kier molecular flexibility index (Phi) is 6.50. The molecule has 1 saturated heterocycles. The molecule has 3 fully saturated rings. The Morgan fingerprint density at radius 2 is 2.03 bits per heavy atom. The second-order valence-corrected chi connectivity index (χ2v) is 10.1. The van der Waals surface area contributed by atoms with E-state index in [2.05, 4.69) is 21.8 Å². The minimum atomic E-state index is -4.34. The highest BCUT2D eigenvalue weighted by Crippen LogP contribution is 2.56. The van der Waals surface area contributed by atoms with Gasteiger partial charge in [0.2, 0.25) is 0 Å². The van der Waals surface area contributed by atoms with E-state index in [1.807, 2.05) is 6.92 Å². The van der Waals surface area contributed by atoms with Crippen LogP contribution >= 0.6 is 0 Å². The van der Waals surface area contributed by atoms with Gasteiger partial charge in [-0.2, -0.15) is 13.2 Å². The van der Waals surface area contributed by atoms with Crippen LogP contribution in [0.5, 0.6) is 0 Å². The molecule has 4 rings (SSSR count). The molecule has 2 heterocycles. The third kappa shape index (κ3) is 4.72. The number of nitrogens with one attached hydrogen (secondary N) is 1. The fraction of sp³-hybridized carbons (Fsp3) is 0.870. The Morgan fingerprint density at radius 1 is 1.23 bits per heavy atom. The standard InChI is InChI=1S/C23H36F3N3O/c1-3-30-15-29-10-9-22(14-29)11-19(12-22)16(2)17-5-4-6-18(8-7-17)21-27-13-20(28-21)23(24,25)26/h13,16-19H,3-12,14-15H2,1-2H3,(H,27,28). The van der Waals surface area contributed by atoms with Crippen LogP contribution < -0.4 is 0 Å². The molecule has 3 unspecified atom stereocenters. The van der Waals surface area contributed by atoms with Gasteiger partial charge in [0.1, 0.15) is 11.5 Å². The molecule has 0 amide bonds. The van der Waals surface area contributed by atoms with E-state index >= 15 is 0 Å². The molecular weight excluding hydrogens is 391 g/mol. The molecule has 2 aliphatic carbocycles. The molecule has 4 nitrogen and oxygen atoms in total. The van der Waals surface area contributed by atoms with Crippen LogP contribution in [0.15, 0.2) is 6.20 Å². The Hall–Kier alpha value is -1.08. The van der Waals surface area contributed by atoms with Crippen LogP contribution in [0.2, 0.25) is 0 Å². The number of ether oxygens (including phenoxy) is 1. The molecule has 2 saturated carbocycles. The Bertz CT molecular complexity index is 698. The Morgan fingerprint density at radius 3 is 2.73 bits per heavy atom. The minimum Gasteiger partial charge on any atom is -0.366 e. The van der Waals surface area contributed by atoms with Crippen molar-refractivity contribution in [1.29, 1.82) is 0 Å². The second-order valence-electron chi connectivity index (χ2n) is 10.1. The maximum atomic E-state index is 12.9. The normalized spacial score (nSPS) is 34.1. The van der Waals surface area contributed by atoms with Crippen molar-refractivity contribution in [3.63, 3.8) is 0 Å². The number of alkyl halides is 3. The highest BCUT2D eigenvalue weighted by Gasteiger charge is 2.50. The lowest BCUT2D eigenvalue weighted by molar-refractivity contribution is -0.141. The summed E-state index contributed by atoms with van der Waals surface area (Å²) in [6, 6.07) is 0. The monoisotopic (exact) mass is 427 g/mol. The first-order chi connectivity index (χ1) is 14.3. The van der Waals surface area contributed by atoms with Crippen LogP contribution in [0.3, 0.4) is 0 Å². The zero-order valence-electron chi connectivity index (χ0n) is 18.3. The van der Waals surface area contributed by atoms with Gasteiger partial charge >= 0.3 is 6.18 Å². The summed E-state index contributed by atoms with van der Waals surface area (Å²) >= 11 is 0. The lowest BCUT2D eigenvalue weighted by Crippen LogP contribution is -2.44. The molecule has 3 atom stereocenters. The fourth-order valence-corrected chi connectivity index (χ4v) is 6.32. The van der Waals surface area contributed by atoms with Crippen molar-refractivity contribution in [2.45, 2.75) is 77.3 Å². The average Bonchev–Trinajstić information content (AvgIpc) is 3.27. The maximum Gasteiger partial charge on any atom is 0.432 e. The largest absolute Gasteiger partial charge is 0.432 e. The van der Waals surface area contributed by atoms with E-state index in [1.165, 1.54) is 32.2 Å². The minimum absolute atomic E-state index is 0.132. The van der Waals surface area contributed by atoms with E-state index in [1.54, 1.807) is 0 Å². The number of rotatable bonds is 6. The van der Waals surface area contributed by atoms with Crippen LogP contribution in [-0.4, -0.2) is 41.3 Å². The smallest absolute Gasteiger partial charge is 0.366 e. The number of hydrogen-bond acceptors (Lipinski definition) is 3. The molecular formula is C23H36F3N3O. The molecule has 0 aromatic carbocycles. The van der Waals surface area contributed by atoms with E-state index < -0.39 is 11.9 Å². The van der Waals surface area contributed by atoms with Crippen molar-refractivity contribution in [1.82, 2.24) is 14.9 Å². The van der Waals surface area contributed by atoms with Gasteiger partial charge in [-0.05, 0) is 68.6 Å². The maximum absolute atomic E-state index is 12.9. The highest BCUT2D eigenvalue weighted by atomic mass is 19.4. The predicted molar refractivity (Wildman–Crippen MR) is 110 cm³/mol. The van der Waals surface area contributed by atoms with E-state index in [-0.39, 0.29) is 5.92 Å². The summed E-state index contributed by atoms with van der Waals surface area (Å²) in [4.78, 5) is 9.06. The number of aromatic amines is 1. The summed E-state index contributed by atoms with van der Waals surface area (Å²) in [5, 5.41) is 0. The summed E-state index contributed by atoms with van der Waals surface area (Å²) in [7, 11) is 0.